The van der Waals surface area contributed by atoms with E-state index in [1.165, 1.54) is 0 Å². The van der Waals surface area contributed by atoms with Crippen molar-refractivity contribution in [2.24, 2.45) is 0 Å². The van der Waals surface area contributed by atoms with Gasteiger partial charge in [-0.25, -0.2) is 0 Å². The zero-order valence-electron chi connectivity index (χ0n) is 3.05. The van der Waals surface area contributed by atoms with Crippen molar-refractivity contribution in [1.29, 1.82) is 0 Å². The Morgan fingerprint density at radius 2 is 0.667 bits per heavy atom. The van der Waals surface area contributed by atoms with Crippen LogP contribution in [0.2, 0.25) is 0 Å². The molecule has 6 heavy (non-hydrogen) atoms. The third-order valence-electron chi connectivity index (χ3n) is 0. The van der Waals surface area contributed by atoms with Crippen molar-refractivity contribution >= 4 is 99.2 Å². The fourth-order valence-corrected chi connectivity index (χ4v) is 0. The van der Waals surface area contributed by atoms with Crippen molar-refractivity contribution in [2.45, 2.75) is 0 Å². The van der Waals surface area contributed by atoms with Gasteiger partial charge in [0.05, 0.1) is 0 Å². The van der Waals surface area contributed by atoms with E-state index in [0.717, 1.165) is 0 Å². The van der Waals surface area contributed by atoms with Gasteiger partial charge < -0.3 is 0 Å². The molecule has 6 heteroatoms. The maximum atomic E-state index is 8.26. The Balaban J connectivity index is -0.00000000500. The fourth-order valence-electron chi connectivity index (χ4n) is 0. The second-order valence-electron chi connectivity index (χ2n) is 0. The van der Waals surface area contributed by atoms with Gasteiger partial charge >= 0.3 is 105 Å². The predicted molar refractivity (Wildman–Crippen MR) is 30.0 cm³/mol. The van der Waals surface area contributed by atoms with Crippen molar-refractivity contribution < 1.29 is 6.21 Å². The molecule has 2 nitrogen and oxygen atoms in total. The molecule has 0 fully saturated rings. The Hall–Kier alpha value is 3.02. The Labute approximate surface area is 103 Å². The number of rotatable bonds is 0. The first-order valence-corrected chi connectivity index (χ1v) is 2.24. The minimum atomic E-state index is 0. The van der Waals surface area contributed by atoms with Gasteiger partial charge in [0.1, 0.15) is 0 Å². The van der Waals surface area contributed by atoms with E-state index in [2.05, 4.69) is 0 Å². The summed E-state index contributed by atoms with van der Waals surface area (Å²) < 4.78 is 16.5. The van der Waals surface area contributed by atoms with E-state index < -0.39 is 0 Å². The predicted octanol–water partition coefficient (Wildman–Crippen LogP) is -2.83. The van der Waals surface area contributed by atoms with Gasteiger partial charge in [-0.05, 0) is 0 Å². The SMILES string of the molecule is O=[Te].O=[Te].[PbH2].[PbH2]. The van der Waals surface area contributed by atoms with Gasteiger partial charge in [-0.2, -0.15) is 0 Å². The van der Waals surface area contributed by atoms with Crippen LogP contribution in [0.1, 0.15) is 0 Å². The van der Waals surface area contributed by atoms with Crippen molar-refractivity contribution in [3.05, 3.63) is 0 Å². The van der Waals surface area contributed by atoms with Crippen molar-refractivity contribution in [3.63, 3.8) is 0 Å². The van der Waals surface area contributed by atoms with Gasteiger partial charge in [0, 0.05) is 0 Å². The third-order valence-corrected chi connectivity index (χ3v) is 0. The van der Waals surface area contributed by atoms with Gasteiger partial charge in [-0.3, -0.25) is 0 Å². The maximum absolute atomic E-state index is 8.26. The number of hydrogen-bond acceptors (Lipinski definition) is 2. The van der Waals surface area contributed by atoms with E-state index in [1.54, 1.807) is 0 Å². The molecule has 0 bridgehead atoms. The molecule has 0 rings (SSSR count). The van der Waals surface area contributed by atoms with Crippen molar-refractivity contribution in [3.8, 4) is 0 Å². The van der Waals surface area contributed by atoms with Crippen LogP contribution < -0.4 is 0 Å². The van der Waals surface area contributed by atoms with E-state index in [4.69, 9.17) is 6.21 Å². The van der Waals surface area contributed by atoms with E-state index in [-0.39, 0.29) is 54.6 Å². The molecular weight excluding hydrogens is 702 g/mol. The summed E-state index contributed by atoms with van der Waals surface area (Å²) in [5.74, 6) is 0. The van der Waals surface area contributed by atoms with Crippen LogP contribution in [0.3, 0.4) is 0 Å². The molecule has 0 saturated heterocycles. The molecule has 0 spiro atoms. The molecule has 0 unspecified atom stereocenters. The molecule has 0 aromatic rings. The first-order chi connectivity index (χ1) is 2.00. The summed E-state index contributed by atoms with van der Waals surface area (Å²) in [6.45, 7) is 0. The summed E-state index contributed by atoms with van der Waals surface area (Å²) in [4.78, 5) is 0. The molecule has 0 aliphatic carbocycles. The topological polar surface area (TPSA) is 34.1 Å². The molecule has 0 aromatic heterocycles. The molecule has 4 radical (unpaired) electrons. The van der Waals surface area contributed by atoms with Crippen LogP contribution in [-0.4, -0.2) is 99.2 Å². The molecular formula is H4O2Pb2Te2. The summed E-state index contributed by atoms with van der Waals surface area (Å²) in [5, 5.41) is 0. The van der Waals surface area contributed by atoms with Gasteiger partial charge in [0.15, 0.2) is 0 Å². The zero-order chi connectivity index (χ0) is 4.00. The summed E-state index contributed by atoms with van der Waals surface area (Å²) in [6, 6.07) is 0. The van der Waals surface area contributed by atoms with Gasteiger partial charge in [0.2, 0.25) is 0 Å². The quantitative estimate of drug-likeness (QED) is 0.255. The van der Waals surface area contributed by atoms with Crippen LogP contribution in [0, 0.1) is 0 Å². The van der Waals surface area contributed by atoms with Crippen LogP contribution >= 0.6 is 0 Å². The Morgan fingerprint density at radius 3 is 0.667 bits per heavy atom. The van der Waals surface area contributed by atoms with Crippen molar-refractivity contribution in [2.75, 3.05) is 0 Å². The summed E-state index contributed by atoms with van der Waals surface area (Å²) in [5.41, 5.74) is 0. The molecule has 0 aliphatic rings. The van der Waals surface area contributed by atoms with E-state index in [0.29, 0.717) is 44.6 Å². The first-order valence-electron chi connectivity index (χ1n) is 0.333. The summed E-state index contributed by atoms with van der Waals surface area (Å²) in [7, 11) is 0. The van der Waals surface area contributed by atoms with Crippen LogP contribution in [0.25, 0.3) is 0 Å². The normalized spacial score (nSPS) is 1.33. The van der Waals surface area contributed by atoms with Crippen molar-refractivity contribution in [1.82, 2.24) is 0 Å². The van der Waals surface area contributed by atoms with Crippen LogP contribution in [0.5, 0.6) is 0 Å². The minimum absolute atomic E-state index is 0. The average molecular weight is 706 g/mol. The number of hydrogen-bond donors (Lipinski definition) is 0. The van der Waals surface area contributed by atoms with Gasteiger partial charge in [-0.15, -0.1) is 0 Å². The Kier molecular flexibility index (Phi) is 166. The molecule has 0 saturated carbocycles. The molecule has 36 valence electrons. The second kappa shape index (κ2) is 43.3. The zero-order valence-corrected chi connectivity index (χ0v) is 18.7. The first kappa shape index (κ1) is 23.0. The van der Waals surface area contributed by atoms with Crippen LogP contribution in [0.4, 0.5) is 0 Å². The molecule has 0 aromatic carbocycles. The Bertz CT molecular complexity index is 11.5. The molecule has 0 heterocycles. The van der Waals surface area contributed by atoms with Gasteiger partial charge in [-0.1, -0.05) is 0 Å². The fraction of sp³-hybridized carbons (Fsp3) is 0. The summed E-state index contributed by atoms with van der Waals surface area (Å²) in [6.07, 6.45) is 0. The molecule has 0 N–H and O–H groups in total. The van der Waals surface area contributed by atoms with Crippen LogP contribution in [-0.2, 0) is 6.21 Å². The standard InChI is InChI=1S/2OTe.2Pb.4H/c2*1-2;;;;;;. The second-order valence-corrected chi connectivity index (χ2v) is 0. The van der Waals surface area contributed by atoms with Crippen LogP contribution in [0.15, 0.2) is 0 Å². The van der Waals surface area contributed by atoms with E-state index in [9.17, 15) is 0 Å². The Morgan fingerprint density at radius 1 is 0.667 bits per heavy atom. The van der Waals surface area contributed by atoms with E-state index >= 15 is 0 Å². The average Bonchev–Trinajstić information content (AvgIpc) is 1.50. The van der Waals surface area contributed by atoms with E-state index in [1.807, 2.05) is 0 Å². The molecule has 0 atom stereocenters. The van der Waals surface area contributed by atoms with Gasteiger partial charge in [0.25, 0.3) is 0 Å². The molecule has 0 amide bonds. The monoisotopic (exact) mass is 712 g/mol. The molecule has 0 aliphatic heterocycles. The third kappa shape index (κ3) is 27.9. The summed E-state index contributed by atoms with van der Waals surface area (Å²) >= 11 is 1.40.